The minimum atomic E-state index is -2.89. The van der Waals surface area contributed by atoms with Crippen LogP contribution in [0, 0.1) is 0 Å². The smallest absolute Gasteiger partial charge is 0.323 e. The van der Waals surface area contributed by atoms with Gasteiger partial charge in [-0.25, -0.2) is 4.98 Å². The molecule has 0 fully saturated rings. The monoisotopic (exact) mass is 403 g/mol. The molecule has 1 N–H and O–H groups in total. The van der Waals surface area contributed by atoms with Gasteiger partial charge in [0.15, 0.2) is 0 Å². The van der Waals surface area contributed by atoms with Crippen molar-refractivity contribution in [3.8, 4) is 0 Å². The summed E-state index contributed by atoms with van der Waals surface area (Å²) in [5.74, 6) is -3.43. The molecule has 0 spiro atoms. The standard InChI is InChI=1S/C22H27F2N3O2/c1-3-4-5-6-7-16-8-9-18-17(12-16)19(27-11-10-22(23,24)15-27)13-20(25-18)26(2)14-21(28)29/h8-13H,3-7,14-15H2,1-2H3,(H,28,29). The molecule has 1 aliphatic heterocycles. The molecule has 2 heterocycles. The zero-order valence-corrected chi connectivity index (χ0v) is 16.9. The van der Waals surface area contributed by atoms with Crippen LogP contribution in [0.15, 0.2) is 36.5 Å². The predicted octanol–water partition coefficient (Wildman–Crippen LogP) is 4.85. The van der Waals surface area contributed by atoms with Gasteiger partial charge in [-0.15, -0.1) is 0 Å². The molecule has 29 heavy (non-hydrogen) atoms. The van der Waals surface area contributed by atoms with Gasteiger partial charge in [0, 0.05) is 30.8 Å². The van der Waals surface area contributed by atoms with Crippen molar-refractivity contribution in [2.24, 2.45) is 0 Å². The van der Waals surface area contributed by atoms with E-state index in [0.717, 1.165) is 29.9 Å². The first-order valence-corrected chi connectivity index (χ1v) is 9.99. The zero-order valence-electron chi connectivity index (χ0n) is 16.9. The summed E-state index contributed by atoms with van der Waals surface area (Å²) in [6, 6.07) is 7.62. The van der Waals surface area contributed by atoms with Gasteiger partial charge < -0.3 is 14.9 Å². The first-order chi connectivity index (χ1) is 13.8. The molecular formula is C22H27F2N3O2. The van der Waals surface area contributed by atoms with Gasteiger partial charge >= 0.3 is 5.97 Å². The number of anilines is 2. The largest absolute Gasteiger partial charge is 0.480 e. The number of hydrogen-bond acceptors (Lipinski definition) is 4. The maximum Gasteiger partial charge on any atom is 0.323 e. The van der Waals surface area contributed by atoms with Crippen LogP contribution in [0.4, 0.5) is 20.3 Å². The van der Waals surface area contributed by atoms with Crippen LogP contribution in [0.2, 0.25) is 0 Å². The normalized spacial score (nSPS) is 15.2. The summed E-state index contributed by atoms with van der Waals surface area (Å²) in [5.41, 5.74) is 2.43. The number of carbonyl (C=O) groups is 1. The van der Waals surface area contributed by atoms with E-state index in [2.05, 4.69) is 11.9 Å². The molecule has 0 bridgehead atoms. The highest BCUT2D eigenvalue weighted by atomic mass is 19.3. The van der Waals surface area contributed by atoms with E-state index >= 15 is 0 Å². The summed E-state index contributed by atoms with van der Waals surface area (Å²) >= 11 is 0. The molecule has 3 rings (SSSR count). The third-order valence-corrected chi connectivity index (χ3v) is 5.11. The van der Waals surface area contributed by atoms with E-state index in [1.807, 2.05) is 18.2 Å². The molecule has 0 saturated carbocycles. The third-order valence-electron chi connectivity index (χ3n) is 5.11. The Morgan fingerprint density at radius 2 is 2.07 bits per heavy atom. The van der Waals surface area contributed by atoms with Crippen LogP contribution in [0.25, 0.3) is 10.9 Å². The van der Waals surface area contributed by atoms with Crippen molar-refractivity contribution < 1.29 is 18.7 Å². The van der Waals surface area contributed by atoms with Crippen molar-refractivity contribution in [1.82, 2.24) is 4.98 Å². The second-order valence-corrected chi connectivity index (χ2v) is 7.62. The Morgan fingerprint density at radius 3 is 2.72 bits per heavy atom. The first-order valence-electron chi connectivity index (χ1n) is 9.99. The average molecular weight is 403 g/mol. The molecule has 0 radical (unpaired) electrons. The maximum atomic E-state index is 13.8. The van der Waals surface area contributed by atoms with Crippen LogP contribution in [-0.2, 0) is 11.2 Å². The predicted molar refractivity (Wildman–Crippen MR) is 112 cm³/mol. The number of carboxylic acids is 1. The number of likely N-dealkylation sites (N-methyl/N-ethyl adjacent to an activating group) is 1. The minimum Gasteiger partial charge on any atom is -0.480 e. The van der Waals surface area contributed by atoms with E-state index in [-0.39, 0.29) is 6.54 Å². The van der Waals surface area contributed by atoms with Gasteiger partial charge in [0.05, 0.1) is 17.7 Å². The highest BCUT2D eigenvalue weighted by Crippen LogP contribution is 2.35. The number of fused-ring (bicyclic) bond motifs is 1. The molecule has 0 aliphatic carbocycles. The number of nitrogens with zero attached hydrogens (tertiary/aromatic N) is 3. The lowest BCUT2D eigenvalue weighted by Crippen LogP contribution is -2.28. The summed E-state index contributed by atoms with van der Waals surface area (Å²) in [7, 11) is 1.63. The number of benzene rings is 1. The SMILES string of the molecule is CCCCCCc1ccc2nc(N(C)CC(=O)O)cc(N3C=CC(F)(F)C3)c2c1. The lowest BCUT2D eigenvalue weighted by atomic mass is 10.0. The number of unbranched alkanes of at least 4 members (excludes halogenated alkanes) is 3. The molecule has 0 unspecified atom stereocenters. The van der Waals surface area contributed by atoms with Gasteiger partial charge in [0.25, 0.3) is 5.92 Å². The molecule has 5 nitrogen and oxygen atoms in total. The van der Waals surface area contributed by atoms with Gasteiger partial charge in [-0.3, -0.25) is 4.79 Å². The van der Waals surface area contributed by atoms with Gasteiger partial charge in [-0.1, -0.05) is 32.3 Å². The van der Waals surface area contributed by atoms with E-state index in [9.17, 15) is 13.6 Å². The Labute approximate surface area is 169 Å². The summed E-state index contributed by atoms with van der Waals surface area (Å²) in [4.78, 5) is 18.7. The number of alkyl halides is 2. The molecule has 0 atom stereocenters. The summed E-state index contributed by atoms with van der Waals surface area (Å²) in [6.07, 6.45) is 7.85. The lowest BCUT2D eigenvalue weighted by Gasteiger charge is -2.23. The highest BCUT2D eigenvalue weighted by Gasteiger charge is 2.34. The number of halogens is 2. The molecule has 1 aromatic heterocycles. The number of carboxylic acid groups (broad SMARTS) is 1. The average Bonchev–Trinajstić information content (AvgIpc) is 3.03. The van der Waals surface area contributed by atoms with Gasteiger partial charge in [0.1, 0.15) is 12.4 Å². The number of rotatable bonds is 9. The third kappa shape index (κ3) is 5.22. The van der Waals surface area contributed by atoms with Crippen molar-refractivity contribution in [1.29, 1.82) is 0 Å². The number of hydrogen-bond donors (Lipinski definition) is 1. The molecule has 1 aliphatic rings. The van der Waals surface area contributed by atoms with Crippen molar-refractivity contribution in [2.45, 2.75) is 45.0 Å². The number of aliphatic carboxylic acids is 1. The van der Waals surface area contributed by atoms with Gasteiger partial charge in [-0.05, 0) is 30.5 Å². The highest BCUT2D eigenvalue weighted by molar-refractivity contribution is 5.95. The Kier molecular flexibility index (Phi) is 6.35. The number of aromatic nitrogens is 1. The van der Waals surface area contributed by atoms with Crippen molar-refractivity contribution in [3.63, 3.8) is 0 Å². The fourth-order valence-electron chi connectivity index (χ4n) is 3.57. The zero-order chi connectivity index (χ0) is 21.0. The molecule has 0 amide bonds. The maximum absolute atomic E-state index is 13.8. The molecule has 7 heteroatoms. The second kappa shape index (κ2) is 8.76. The van der Waals surface area contributed by atoms with E-state index < -0.39 is 18.4 Å². The van der Waals surface area contributed by atoms with Crippen LogP contribution in [0.1, 0.15) is 38.2 Å². The van der Waals surface area contributed by atoms with Crippen molar-refractivity contribution >= 4 is 28.4 Å². The van der Waals surface area contributed by atoms with Crippen LogP contribution >= 0.6 is 0 Å². The van der Waals surface area contributed by atoms with E-state index in [1.54, 1.807) is 13.1 Å². The minimum absolute atomic E-state index is 0.223. The lowest BCUT2D eigenvalue weighted by molar-refractivity contribution is -0.135. The van der Waals surface area contributed by atoms with Gasteiger partial charge in [0.2, 0.25) is 0 Å². The van der Waals surface area contributed by atoms with E-state index in [4.69, 9.17) is 5.11 Å². The summed E-state index contributed by atoms with van der Waals surface area (Å²) in [5, 5.41) is 9.87. The molecule has 156 valence electrons. The first kappa shape index (κ1) is 21.0. The van der Waals surface area contributed by atoms with Crippen molar-refractivity contribution in [3.05, 3.63) is 42.1 Å². The van der Waals surface area contributed by atoms with Crippen LogP contribution < -0.4 is 9.80 Å². The number of aryl methyl sites for hydroxylation is 1. The summed E-state index contributed by atoms with van der Waals surface area (Å²) in [6.45, 7) is 1.51. The quantitative estimate of drug-likeness (QED) is 0.607. The van der Waals surface area contributed by atoms with Gasteiger partial charge in [-0.2, -0.15) is 8.78 Å². The fourth-order valence-corrected chi connectivity index (χ4v) is 3.57. The topological polar surface area (TPSA) is 56.7 Å². The van der Waals surface area contributed by atoms with E-state index in [0.29, 0.717) is 17.0 Å². The van der Waals surface area contributed by atoms with E-state index in [1.165, 1.54) is 35.3 Å². The molecular weight excluding hydrogens is 376 g/mol. The second-order valence-electron chi connectivity index (χ2n) is 7.62. The molecule has 2 aromatic rings. The molecule has 0 saturated heterocycles. The Morgan fingerprint density at radius 1 is 1.28 bits per heavy atom. The van der Waals surface area contributed by atoms with Crippen LogP contribution in [-0.4, -0.2) is 42.1 Å². The summed E-state index contributed by atoms with van der Waals surface area (Å²) < 4.78 is 27.6. The van der Waals surface area contributed by atoms with Crippen molar-refractivity contribution in [2.75, 3.05) is 29.9 Å². The number of pyridine rings is 1. The Balaban J connectivity index is 1.98. The van der Waals surface area contributed by atoms with Crippen LogP contribution in [0.3, 0.4) is 0 Å². The Hall–Kier alpha value is -2.70. The molecule has 1 aromatic carbocycles. The fraction of sp³-hybridized carbons (Fsp3) is 0.455. The van der Waals surface area contributed by atoms with Crippen LogP contribution in [0.5, 0.6) is 0 Å². The Bertz CT molecular complexity index is 914.